The first-order valence-electron chi connectivity index (χ1n) is 4.82. The molecule has 0 saturated carbocycles. The van der Waals surface area contributed by atoms with E-state index in [4.69, 9.17) is 9.47 Å². The zero-order valence-corrected chi connectivity index (χ0v) is 10.7. The average Bonchev–Trinajstić information content (AvgIpc) is 2.31. The van der Waals surface area contributed by atoms with Gasteiger partial charge in [0.2, 0.25) is 9.84 Å². The molecule has 2 aliphatic heterocycles. The van der Waals surface area contributed by atoms with Crippen LogP contribution in [0.4, 0.5) is 0 Å². The Bertz CT molecular complexity index is 267. The third-order valence-corrected chi connectivity index (χ3v) is 6.78. The second-order valence-corrected chi connectivity index (χ2v) is 7.87. The number of thioether (sulfide) groups is 2. The van der Waals surface area contributed by atoms with Gasteiger partial charge in [-0.3, -0.25) is 0 Å². The van der Waals surface area contributed by atoms with Crippen LogP contribution in [0.3, 0.4) is 0 Å². The van der Waals surface area contributed by atoms with Crippen LogP contribution in [0, 0.1) is 0 Å². The highest BCUT2D eigenvalue weighted by atomic mass is 32.2. The molecule has 88 valence electrons. The minimum Gasteiger partial charge on any atom is -0.360 e. The Balaban J connectivity index is 2.03. The SMILES string of the molecule is O=S(=O)(C1CSCCO1)C1CSCCO1. The van der Waals surface area contributed by atoms with Crippen LogP contribution in [0.1, 0.15) is 0 Å². The van der Waals surface area contributed by atoms with Crippen molar-refractivity contribution in [2.75, 3.05) is 36.2 Å². The minimum atomic E-state index is -3.27. The first kappa shape index (κ1) is 12.0. The summed E-state index contributed by atoms with van der Waals surface area (Å²) < 4.78 is 34.7. The largest absolute Gasteiger partial charge is 0.360 e. The van der Waals surface area contributed by atoms with Crippen LogP contribution in [0.5, 0.6) is 0 Å². The zero-order valence-electron chi connectivity index (χ0n) is 8.26. The van der Waals surface area contributed by atoms with E-state index in [9.17, 15) is 8.42 Å². The molecule has 2 saturated heterocycles. The summed E-state index contributed by atoms with van der Waals surface area (Å²) in [6.45, 7) is 1.04. The van der Waals surface area contributed by atoms with Gasteiger partial charge in [-0.05, 0) is 0 Å². The van der Waals surface area contributed by atoms with Gasteiger partial charge in [0.15, 0.2) is 10.9 Å². The summed E-state index contributed by atoms with van der Waals surface area (Å²) in [5.41, 5.74) is -1.33. The fraction of sp³-hybridized carbons (Fsp3) is 1.00. The Morgan fingerprint density at radius 2 is 1.40 bits per heavy atom. The van der Waals surface area contributed by atoms with Crippen molar-refractivity contribution in [2.45, 2.75) is 10.9 Å². The van der Waals surface area contributed by atoms with Crippen LogP contribution in [0.15, 0.2) is 0 Å². The highest BCUT2D eigenvalue weighted by Crippen LogP contribution is 2.25. The number of hydrogen-bond acceptors (Lipinski definition) is 6. The average molecular weight is 270 g/mol. The van der Waals surface area contributed by atoms with E-state index in [0.29, 0.717) is 24.7 Å². The van der Waals surface area contributed by atoms with Gasteiger partial charge in [-0.15, -0.1) is 0 Å². The molecule has 0 aromatic heterocycles. The van der Waals surface area contributed by atoms with Crippen molar-refractivity contribution in [3.05, 3.63) is 0 Å². The fourth-order valence-electron chi connectivity index (χ4n) is 1.48. The molecule has 0 aromatic carbocycles. The highest BCUT2D eigenvalue weighted by Gasteiger charge is 2.37. The van der Waals surface area contributed by atoms with Crippen LogP contribution < -0.4 is 0 Å². The van der Waals surface area contributed by atoms with Crippen LogP contribution >= 0.6 is 23.5 Å². The van der Waals surface area contributed by atoms with Crippen LogP contribution in [0.25, 0.3) is 0 Å². The van der Waals surface area contributed by atoms with Crippen molar-refractivity contribution in [3.8, 4) is 0 Å². The first-order chi connectivity index (χ1) is 7.21. The van der Waals surface area contributed by atoms with Gasteiger partial charge in [0, 0.05) is 23.0 Å². The summed E-state index contributed by atoms with van der Waals surface area (Å²) in [5.74, 6) is 2.83. The third-order valence-electron chi connectivity index (χ3n) is 2.30. The Kier molecular flexibility index (Phi) is 4.23. The van der Waals surface area contributed by atoms with E-state index in [2.05, 4.69) is 0 Å². The molecule has 0 amide bonds. The van der Waals surface area contributed by atoms with E-state index in [0.717, 1.165) is 11.5 Å². The fourth-order valence-corrected chi connectivity index (χ4v) is 5.82. The van der Waals surface area contributed by atoms with Crippen molar-refractivity contribution in [1.82, 2.24) is 0 Å². The van der Waals surface area contributed by atoms with E-state index in [1.54, 1.807) is 23.5 Å². The molecular formula is C8H14O4S3. The number of ether oxygens (including phenoxy) is 2. The molecule has 2 fully saturated rings. The van der Waals surface area contributed by atoms with Gasteiger partial charge >= 0.3 is 0 Å². The molecule has 15 heavy (non-hydrogen) atoms. The lowest BCUT2D eigenvalue weighted by atomic mass is 10.7. The lowest BCUT2D eigenvalue weighted by Crippen LogP contribution is -2.42. The maximum Gasteiger partial charge on any atom is 0.205 e. The van der Waals surface area contributed by atoms with Crippen molar-refractivity contribution >= 4 is 33.4 Å². The molecule has 2 unspecified atom stereocenters. The van der Waals surface area contributed by atoms with Crippen molar-refractivity contribution < 1.29 is 17.9 Å². The molecule has 0 radical (unpaired) electrons. The van der Waals surface area contributed by atoms with Crippen LogP contribution in [0.2, 0.25) is 0 Å². The number of rotatable bonds is 2. The summed E-state index contributed by atoms with van der Waals surface area (Å²) in [6.07, 6.45) is 0. The standard InChI is InChI=1S/C8H14O4S3/c9-15(10,7-5-13-3-1-11-7)8-6-14-4-2-12-8/h7-8H,1-6H2. The molecule has 7 heteroatoms. The molecule has 2 atom stereocenters. The van der Waals surface area contributed by atoms with Crippen LogP contribution in [-0.4, -0.2) is 55.5 Å². The van der Waals surface area contributed by atoms with Gasteiger partial charge in [0.05, 0.1) is 13.2 Å². The summed E-state index contributed by atoms with van der Waals surface area (Å²) in [7, 11) is -3.27. The van der Waals surface area contributed by atoms with E-state index >= 15 is 0 Å². The zero-order chi connectivity index (χ0) is 10.7. The Labute approximate surface area is 98.4 Å². The van der Waals surface area contributed by atoms with Gasteiger partial charge in [0.25, 0.3) is 0 Å². The van der Waals surface area contributed by atoms with Crippen molar-refractivity contribution in [2.24, 2.45) is 0 Å². The van der Waals surface area contributed by atoms with E-state index in [1.165, 1.54) is 0 Å². The van der Waals surface area contributed by atoms with E-state index < -0.39 is 20.7 Å². The molecule has 4 nitrogen and oxygen atoms in total. The van der Waals surface area contributed by atoms with Crippen molar-refractivity contribution in [1.29, 1.82) is 0 Å². The number of hydrogen-bond donors (Lipinski definition) is 0. The summed E-state index contributed by atoms with van der Waals surface area (Å²) in [4.78, 5) is 0. The predicted molar refractivity (Wildman–Crippen MR) is 63.0 cm³/mol. The number of sulfone groups is 1. The molecule has 2 heterocycles. The van der Waals surface area contributed by atoms with E-state index in [-0.39, 0.29) is 0 Å². The monoisotopic (exact) mass is 270 g/mol. The summed E-state index contributed by atoms with van der Waals surface area (Å²) in [6, 6.07) is 0. The summed E-state index contributed by atoms with van der Waals surface area (Å²) >= 11 is 3.25. The van der Waals surface area contributed by atoms with Gasteiger partial charge < -0.3 is 9.47 Å². The molecule has 2 rings (SSSR count). The Morgan fingerprint density at radius 3 is 1.73 bits per heavy atom. The second-order valence-electron chi connectivity index (χ2n) is 3.34. The molecule has 0 spiro atoms. The quantitative estimate of drug-likeness (QED) is 0.731. The lowest BCUT2D eigenvalue weighted by Gasteiger charge is -2.28. The molecule has 0 bridgehead atoms. The molecule has 0 aromatic rings. The van der Waals surface area contributed by atoms with E-state index in [1.807, 2.05) is 0 Å². The third kappa shape index (κ3) is 2.82. The van der Waals surface area contributed by atoms with Crippen molar-refractivity contribution in [3.63, 3.8) is 0 Å². The van der Waals surface area contributed by atoms with Gasteiger partial charge in [-0.2, -0.15) is 23.5 Å². The molecule has 0 N–H and O–H groups in total. The molecule has 0 aliphatic carbocycles. The molecular weight excluding hydrogens is 256 g/mol. The van der Waals surface area contributed by atoms with Crippen LogP contribution in [-0.2, 0) is 19.3 Å². The second kappa shape index (κ2) is 5.27. The molecule has 2 aliphatic rings. The highest BCUT2D eigenvalue weighted by molar-refractivity contribution is 8.02. The first-order valence-corrected chi connectivity index (χ1v) is 8.74. The minimum absolute atomic E-state index is 0.522. The summed E-state index contributed by atoms with van der Waals surface area (Å²) in [5, 5.41) is 0. The topological polar surface area (TPSA) is 52.6 Å². The smallest absolute Gasteiger partial charge is 0.205 e. The van der Waals surface area contributed by atoms with Gasteiger partial charge in [-0.25, -0.2) is 8.42 Å². The predicted octanol–water partition coefficient (Wildman–Crippen LogP) is 0.580. The lowest BCUT2D eigenvalue weighted by molar-refractivity contribution is 0.102. The Morgan fingerprint density at radius 1 is 0.933 bits per heavy atom. The maximum atomic E-state index is 12.1. The normalized spacial score (nSPS) is 33.9. The van der Waals surface area contributed by atoms with Gasteiger partial charge in [-0.1, -0.05) is 0 Å². The maximum absolute atomic E-state index is 12.1. The Hall–Kier alpha value is 0.570. The van der Waals surface area contributed by atoms with Gasteiger partial charge in [0.1, 0.15) is 0 Å².